The third kappa shape index (κ3) is 2.93. The number of rotatable bonds is 4. The van der Waals surface area contributed by atoms with Crippen LogP contribution < -0.4 is 5.32 Å². The summed E-state index contributed by atoms with van der Waals surface area (Å²) >= 11 is 5.77. The van der Waals surface area contributed by atoms with Gasteiger partial charge < -0.3 is 10.4 Å². The average molecular weight is 269 g/mol. The van der Waals surface area contributed by atoms with Crippen LogP contribution in [-0.4, -0.2) is 22.6 Å². The summed E-state index contributed by atoms with van der Waals surface area (Å²) in [6.07, 6.45) is 5.17. The van der Waals surface area contributed by atoms with Crippen LogP contribution in [0.4, 0.5) is 5.82 Å². The number of pyridine rings is 1. The van der Waals surface area contributed by atoms with Crippen LogP contribution in [0.3, 0.4) is 0 Å². The van der Waals surface area contributed by atoms with E-state index in [0.717, 1.165) is 12.5 Å². The van der Waals surface area contributed by atoms with Crippen molar-refractivity contribution in [2.45, 2.75) is 26.2 Å². The van der Waals surface area contributed by atoms with Crippen LogP contribution in [0.1, 0.15) is 36.5 Å². The molecular formula is C13H17ClN2O2. The summed E-state index contributed by atoms with van der Waals surface area (Å²) in [5.41, 5.74) is 0.0913. The third-order valence-electron chi connectivity index (χ3n) is 3.67. The van der Waals surface area contributed by atoms with E-state index in [2.05, 4.69) is 17.2 Å². The predicted octanol–water partition coefficient (Wildman–Crippen LogP) is 3.28. The maximum Gasteiger partial charge on any atom is 0.337 e. The molecule has 18 heavy (non-hydrogen) atoms. The molecule has 1 aliphatic rings. The second kappa shape index (κ2) is 5.57. The zero-order valence-electron chi connectivity index (χ0n) is 10.3. The summed E-state index contributed by atoms with van der Waals surface area (Å²) in [6.45, 7) is 3.10. The highest BCUT2D eigenvalue weighted by Gasteiger charge is 2.23. The van der Waals surface area contributed by atoms with Gasteiger partial charge in [-0.1, -0.05) is 31.4 Å². The van der Waals surface area contributed by atoms with Gasteiger partial charge >= 0.3 is 5.97 Å². The molecule has 4 nitrogen and oxygen atoms in total. The Hall–Kier alpha value is -1.29. The number of carboxylic acids is 1. The number of aromatic nitrogens is 1. The van der Waals surface area contributed by atoms with Crippen molar-refractivity contribution in [3.63, 3.8) is 0 Å². The summed E-state index contributed by atoms with van der Waals surface area (Å²) < 4.78 is 0. The molecule has 1 aromatic heterocycles. The van der Waals surface area contributed by atoms with Gasteiger partial charge in [0.25, 0.3) is 0 Å². The number of hydrogen-bond acceptors (Lipinski definition) is 3. The highest BCUT2D eigenvalue weighted by Crippen LogP contribution is 2.31. The molecule has 0 bridgehead atoms. The van der Waals surface area contributed by atoms with Crippen molar-refractivity contribution in [2.75, 3.05) is 11.9 Å². The lowest BCUT2D eigenvalue weighted by atomic mass is 9.98. The molecule has 1 saturated carbocycles. The molecule has 5 heteroatoms. The maximum absolute atomic E-state index is 10.9. The second-order valence-corrected chi connectivity index (χ2v) is 5.31. The molecule has 2 unspecified atom stereocenters. The third-order valence-corrected chi connectivity index (χ3v) is 3.97. The van der Waals surface area contributed by atoms with E-state index >= 15 is 0 Å². The molecule has 0 aliphatic heterocycles. The lowest BCUT2D eigenvalue weighted by Gasteiger charge is -2.16. The highest BCUT2D eigenvalue weighted by atomic mass is 35.5. The van der Waals surface area contributed by atoms with E-state index in [1.54, 1.807) is 0 Å². The molecule has 0 aromatic carbocycles. The van der Waals surface area contributed by atoms with Gasteiger partial charge in [-0.2, -0.15) is 0 Å². The molecule has 2 rings (SSSR count). The van der Waals surface area contributed by atoms with Crippen molar-refractivity contribution in [2.24, 2.45) is 11.8 Å². The first-order chi connectivity index (χ1) is 8.58. The Morgan fingerprint density at radius 1 is 1.61 bits per heavy atom. The summed E-state index contributed by atoms with van der Waals surface area (Å²) in [6, 6.07) is 1.49. The zero-order valence-corrected chi connectivity index (χ0v) is 11.1. The normalized spacial score (nSPS) is 23.0. The van der Waals surface area contributed by atoms with Crippen LogP contribution in [-0.2, 0) is 0 Å². The number of carboxylic acid groups (broad SMARTS) is 1. The first-order valence-corrected chi connectivity index (χ1v) is 6.58. The maximum atomic E-state index is 10.9. The molecule has 0 spiro atoms. The molecule has 98 valence electrons. The molecule has 0 radical (unpaired) electrons. The summed E-state index contributed by atoms with van der Waals surface area (Å²) in [5.74, 6) is 0.926. The van der Waals surface area contributed by atoms with Crippen molar-refractivity contribution in [1.29, 1.82) is 0 Å². The summed E-state index contributed by atoms with van der Waals surface area (Å²) in [7, 11) is 0. The molecule has 1 aromatic rings. The van der Waals surface area contributed by atoms with Crippen LogP contribution in [0.15, 0.2) is 12.3 Å². The number of aromatic carboxylic acids is 1. The van der Waals surface area contributed by atoms with Crippen LogP contribution in [0.25, 0.3) is 0 Å². The number of carbonyl (C=O) groups is 1. The number of halogens is 1. The van der Waals surface area contributed by atoms with Crippen LogP contribution >= 0.6 is 11.6 Å². The van der Waals surface area contributed by atoms with Crippen LogP contribution in [0.2, 0.25) is 5.02 Å². The molecule has 2 N–H and O–H groups in total. The fourth-order valence-electron chi connectivity index (χ4n) is 2.46. The monoisotopic (exact) mass is 268 g/mol. The number of anilines is 1. The molecule has 1 fully saturated rings. The minimum absolute atomic E-state index is 0.0913. The molecular weight excluding hydrogens is 252 g/mol. The van der Waals surface area contributed by atoms with E-state index in [9.17, 15) is 4.79 Å². The smallest absolute Gasteiger partial charge is 0.337 e. The second-order valence-electron chi connectivity index (χ2n) is 4.90. The highest BCUT2D eigenvalue weighted by molar-refractivity contribution is 6.33. The van der Waals surface area contributed by atoms with E-state index in [0.29, 0.717) is 11.7 Å². The van der Waals surface area contributed by atoms with Crippen molar-refractivity contribution in [3.8, 4) is 0 Å². The van der Waals surface area contributed by atoms with E-state index in [1.165, 1.54) is 31.5 Å². The van der Waals surface area contributed by atoms with Gasteiger partial charge in [-0.25, -0.2) is 9.78 Å². The van der Waals surface area contributed by atoms with Crippen molar-refractivity contribution in [3.05, 3.63) is 22.8 Å². The Morgan fingerprint density at radius 2 is 2.39 bits per heavy atom. The Balaban J connectivity index is 2.01. The minimum atomic E-state index is -1.03. The Morgan fingerprint density at radius 3 is 3.00 bits per heavy atom. The Bertz CT molecular complexity index is 451. The first-order valence-electron chi connectivity index (χ1n) is 6.20. The Labute approximate surface area is 111 Å². The van der Waals surface area contributed by atoms with E-state index in [1.807, 2.05) is 0 Å². The SMILES string of the molecule is CC1CCCC1CNc1cc(C(=O)O)c(Cl)cn1. The average Bonchev–Trinajstić information content (AvgIpc) is 2.73. The van der Waals surface area contributed by atoms with Gasteiger partial charge in [0.05, 0.1) is 10.6 Å². The standard InChI is InChI=1S/C13H17ClN2O2/c1-8-3-2-4-9(8)6-15-12-5-10(13(17)18)11(14)7-16-12/h5,7-9H,2-4,6H2,1H3,(H,15,16)(H,17,18). The molecule has 1 aliphatic carbocycles. The summed E-state index contributed by atoms with van der Waals surface area (Å²) in [5, 5.41) is 12.3. The van der Waals surface area contributed by atoms with Crippen molar-refractivity contribution < 1.29 is 9.90 Å². The van der Waals surface area contributed by atoms with Crippen LogP contribution in [0.5, 0.6) is 0 Å². The number of hydrogen-bond donors (Lipinski definition) is 2. The van der Waals surface area contributed by atoms with Gasteiger partial charge in [0.2, 0.25) is 0 Å². The number of nitrogens with one attached hydrogen (secondary N) is 1. The first kappa shape index (κ1) is 13.1. The van der Waals surface area contributed by atoms with Gasteiger partial charge in [0.15, 0.2) is 0 Å². The lowest BCUT2D eigenvalue weighted by Crippen LogP contribution is -2.17. The summed E-state index contributed by atoms with van der Waals surface area (Å²) in [4.78, 5) is 15.0. The minimum Gasteiger partial charge on any atom is -0.478 e. The predicted molar refractivity (Wildman–Crippen MR) is 71.2 cm³/mol. The van der Waals surface area contributed by atoms with Crippen LogP contribution in [0, 0.1) is 11.8 Å². The van der Waals surface area contributed by atoms with E-state index in [4.69, 9.17) is 16.7 Å². The lowest BCUT2D eigenvalue weighted by molar-refractivity contribution is 0.0697. The Kier molecular flexibility index (Phi) is 4.07. The molecule has 2 atom stereocenters. The quantitative estimate of drug-likeness (QED) is 0.880. The van der Waals surface area contributed by atoms with Gasteiger partial charge in [-0.3, -0.25) is 0 Å². The molecule has 1 heterocycles. The van der Waals surface area contributed by atoms with Gasteiger partial charge in [0.1, 0.15) is 5.82 Å². The molecule has 0 saturated heterocycles. The fourth-order valence-corrected chi connectivity index (χ4v) is 2.64. The number of nitrogens with zero attached hydrogens (tertiary/aromatic N) is 1. The van der Waals surface area contributed by atoms with Gasteiger partial charge in [-0.05, 0) is 24.3 Å². The van der Waals surface area contributed by atoms with E-state index in [-0.39, 0.29) is 10.6 Å². The van der Waals surface area contributed by atoms with Gasteiger partial charge in [0, 0.05) is 12.7 Å². The van der Waals surface area contributed by atoms with E-state index < -0.39 is 5.97 Å². The van der Waals surface area contributed by atoms with Gasteiger partial charge in [-0.15, -0.1) is 0 Å². The topological polar surface area (TPSA) is 62.2 Å². The largest absolute Gasteiger partial charge is 0.478 e. The zero-order chi connectivity index (χ0) is 13.1. The van der Waals surface area contributed by atoms with Crippen molar-refractivity contribution in [1.82, 2.24) is 4.98 Å². The molecule has 0 amide bonds. The fraction of sp³-hybridized carbons (Fsp3) is 0.538. The van der Waals surface area contributed by atoms with Crippen molar-refractivity contribution >= 4 is 23.4 Å².